The highest BCUT2D eigenvalue weighted by atomic mass is 79.9. The molecule has 0 saturated heterocycles. The van der Waals surface area contributed by atoms with Crippen LogP contribution in [0.3, 0.4) is 0 Å². The molecule has 0 aliphatic carbocycles. The summed E-state index contributed by atoms with van der Waals surface area (Å²) in [7, 11) is 0. The molecule has 1 amide bonds. The van der Waals surface area contributed by atoms with Crippen LogP contribution >= 0.6 is 15.9 Å². The maximum absolute atomic E-state index is 12.1. The summed E-state index contributed by atoms with van der Waals surface area (Å²) in [6, 6.07) is 7.23. The highest BCUT2D eigenvalue weighted by Crippen LogP contribution is 2.19. The Bertz CT molecular complexity index is 593. The molecule has 1 aromatic carbocycles. The van der Waals surface area contributed by atoms with E-state index in [0.717, 1.165) is 12.3 Å². The van der Waals surface area contributed by atoms with Crippen molar-refractivity contribution in [2.75, 3.05) is 11.9 Å². The molecular weight excluding hydrogens is 322 g/mol. The van der Waals surface area contributed by atoms with Crippen molar-refractivity contribution in [1.82, 2.24) is 9.78 Å². The van der Waals surface area contributed by atoms with Gasteiger partial charge in [-0.2, -0.15) is 5.10 Å². The van der Waals surface area contributed by atoms with Gasteiger partial charge in [-0.25, -0.2) is 0 Å². The quantitative estimate of drug-likeness (QED) is 0.910. The van der Waals surface area contributed by atoms with Gasteiger partial charge in [-0.1, -0.05) is 0 Å². The van der Waals surface area contributed by atoms with Crippen molar-refractivity contribution in [3.8, 4) is 5.75 Å². The van der Waals surface area contributed by atoms with Gasteiger partial charge in [0.2, 0.25) is 0 Å². The maximum Gasteiger partial charge on any atom is 0.277 e. The molecule has 5 nitrogen and oxygen atoms in total. The minimum absolute atomic E-state index is 0.242. The summed E-state index contributed by atoms with van der Waals surface area (Å²) >= 11 is 3.34. The molecule has 0 fully saturated rings. The molecule has 0 saturated carbocycles. The van der Waals surface area contributed by atoms with E-state index in [1.165, 1.54) is 0 Å². The number of ether oxygens (including phenoxy) is 1. The van der Waals surface area contributed by atoms with E-state index in [2.05, 4.69) is 26.3 Å². The second-order valence-electron chi connectivity index (χ2n) is 4.09. The van der Waals surface area contributed by atoms with Crippen molar-refractivity contribution in [3.63, 3.8) is 0 Å². The summed E-state index contributed by atoms with van der Waals surface area (Å²) in [6.07, 6.45) is 1.78. The first-order valence-electron chi connectivity index (χ1n) is 6.41. The number of carbonyl (C=O) groups excluding carboxylic acids is 1. The molecule has 0 spiro atoms. The molecular formula is C14H16BrN3O2. The predicted molar refractivity (Wildman–Crippen MR) is 81.2 cm³/mol. The van der Waals surface area contributed by atoms with Gasteiger partial charge in [0.05, 0.1) is 11.1 Å². The number of benzene rings is 1. The average molecular weight is 338 g/mol. The van der Waals surface area contributed by atoms with Crippen molar-refractivity contribution in [1.29, 1.82) is 0 Å². The van der Waals surface area contributed by atoms with E-state index in [9.17, 15) is 4.79 Å². The summed E-state index contributed by atoms with van der Waals surface area (Å²) in [6.45, 7) is 5.23. The Morgan fingerprint density at radius 2 is 2.05 bits per heavy atom. The molecule has 0 radical (unpaired) electrons. The monoisotopic (exact) mass is 337 g/mol. The number of amides is 1. The van der Waals surface area contributed by atoms with Gasteiger partial charge in [0.15, 0.2) is 5.69 Å². The second-order valence-corrected chi connectivity index (χ2v) is 4.95. The lowest BCUT2D eigenvalue weighted by Gasteiger charge is -2.06. The summed E-state index contributed by atoms with van der Waals surface area (Å²) < 4.78 is 7.74. The number of nitrogens with one attached hydrogen (secondary N) is 1. The molecule has 6 heteroatoms. The number of aromatic nitrogens is 2. The second kappa shape index (κ2) is 6.56. The van der Waals surface area contributed by atoms with Gasteiger partial charge in [-0.05, 0) is 54.0 Å². The van der Waals surface area contributed by atoms with E-state index in [1.54, 1.807) is 23.0 Å². The van der Waals surface area contributed by atoms with Gasteiger partial charge in [-0.15, -0.1) is 0 Å². The molecule has 106 valence electrons. The first-order chi connectivity index (χ1) is 9.63. The number of anilines is 1. The molecule has 0 atom stereocenters. The number of hydrogen-bond acceptors (Lipinski definition) is 3. The Kier molecular flexibility index (Phi) is 4.79. The van der Waals surface area contributed by atoms with Crippen LogP contribution in [0.25, 0.3) is 0 Å². The molecule has 2 aromatic rings. The van der Waals surface area contributed by atoms with Crippen LogP contribution in [0.15, 0.2) is 34.9 Å². The Balaban J connectivity index is 2.08. The highest BCUT2D eigenvalue weighted by Gasteiger charge is 2.14. The SMILES string of the molecule is CCOc1ccc(NC(=O)c2nn(CC)cc2Br)cc1. The molecule has 1 aromatic heterocycles. The predicted octanol–water partition coefficient (Wildman–Crippen LogP) is 3.32. The van der Waals surface area contributed by atoms with Crippen LogP contribution in [-0.2, 0) is 6.54 Å². The third-order valence-corrected chi connectivity index (χ3v) is 3.26. The van der Waals surface area contributed by atoms with E-state index >= 15 is 0 Å². The van der Waals surface area contributed by atoms with Gasteiger partial charge < -0.3 is 10.1 Å². The first kappa shape index (κ1) is 14.6. The average Bonchev–Trinajstić information content (AvgIpc) is 2.83. The summed E-state index contributed by atoms with van der Waals surface area (Å²) in [5.41, 5.74) is 1.08. The van der Waals surface area contributed by atoms with E-state index in [0.29, 0.717) is 22.5 Å². The highest BCUT2D eigenvalue weighted by molar-refractivity contribution is 9.10. The molecule has 0 aliphatic heterocycles. The molecule has 0 bridgehead atoms. The third-order valence-electron chi connectivity index (χ3n) is 2.68. The Labute approximate surface area is 126 Å². The molecule has 1 N–H and O–H groups in total. The van der Waals surface area contributed by atoms with E-state index < -0.39 is 0 Å². The number of nitrogens with zero attached hydrogens (tertiary/aromatic N) is 2. The van der Waals surface area contributed by atoms with Crippen LogP contribution in [0.1, 0.15) is 24.3 Å². The van der Waals surface area contributed by atoms with Gasteiger partial charge in [0.25, 0.3) is 5.91 Å². The van der Waals surface area contributed by atoms with E-state index in [1.807, 2.05) is 26.0 Å². The lowest BCUT2D eigenvalue weighted by Crippen LogP contribution is -2.13. The van der Waals surface area contributed by atoms with Crippen molar-refractivity contribution in [2.45, 2.75) is 20.4 Å². The summed E-state index contributed by atoms with van der Waals surface area (Å²) in [5.74, 6) is 0.537. The van der Waals surface area contributed by atoms with Crippen LogP contribution in [-0.4, -0.2) is 22.3 Å². The van der Waals surface area contributed by atoms with Crippen molar-refractivity contribution in [2.24, 2.45) is 0 Å². The zero-order valence-electron chi connectivity index (χ0n) is 11.4. The molecule has 1 heterocycles. The number of halogens is 1. The number of carbonyl (C=O) groups is 1. The van der Waals surface area contributed by atoms with Gasteiger partial charge >= 0.3 is 0 Å². The number of aryl methyl sites for hydroxylation is 1. The van der Waals surface area contributed by atoms with E-state index in [-0.39, 0.29) is 5.91 Å². The maximum atomic E-state index is 12.1. The fraction of sp³-hybridized carbons (Fsp3) is 0.286. The van der Waals surface area contributed by atoms with Crippen LogP contribution in [0, 0.1) is 0 Å². The summed E-state index contributed by atoms with van der Waals surface area (Å²) in [5, 5.41) is 7.01. The van der Waals surface area contributed by atoms with Crippen LogP contribution in [0.2, 0.25) is 0 Å². The largest absolute Gasteiger partial charge is 0.494 e. The standard InChI is InChI=1S/C14H16BrN3O2/c1-3-18-9-12(15)13(17-18)14(19)16-10-5-7-11(8-6-10)20-4-2/h5-9H,3-4H2,1-2H3,(H,16,19). The molecule has 0 unspecified atom stereocenters. The van der Waals surface area contributed by atoms with Crippen molar-refractivity contribution < 1.29 is 9.53 Å². The molecule has 20 heavy (non-hydrogen) atoms. The van der Waals surface area contributed by atoms with Crippen molar-refractivity contribution >= 4 is 27.5 Å². The van der Waals surface area contributed by atoms with Crippen molar-refractivity contribution in [3.05, 3.63) is 40.6 Å². The van der Waals surface area contributed by atoms with Crippen LogP contribution in [0.5, 0.6) is 5.75 Å². The lowest BCUT2D eigenvalue weighted by molar-refractivity contribution is 0.102. The zero-order chi connectivity index (χ0) is 14.5. The fourth-order valence-electron chi connectivity index (χ4n) is 1.70. The molecule has 0 aliphatic rings. The first-order valence-corrected chi connectivity index (χ1v) is 7.20. The van der Waals surface area contributed by atoms with Gasteiger partial charge in [0, 0.05) is 18.4 Å². The van der Waals surface area contributed by atoms with Crippen LogP contribution < -0.4 is 10.1 Å². The number of rotatable bonds is 5. The summed E-state index contributed by atoms with van der Waals surface area (Å²) in [4.78, 5) is 12.1. The van der Waals surface area contributed by atoms with E-state index in [4.69, 9.17) is 4.74 Å². The number of hydrogen-bond donors (Lipinski definition) is 1. The zero-order valence-corrected chi connectivity index (χ0v) is 13.0. The Morgan fingerprint density at radius 1 is 1.35 bits per heavy atom. The minimum atomic E-state index is -0.242. The topological polar surface area (TPSA) is 56.1 Å². The fourth-order valence-corrected chi connectivity index (χ4v) is 2.20. The minimum Gasteiger partial charge on any atom is -0.494 e. The molecule has 2 rings (SSSR count). The third kappa shape index (κ3) is 3.39. The lowest BCUT2D eigenvalue weighted by atomic mass is 10.3. The smallest absolute Gasteiger partial charge is 0.277 e. The normalized spacial score (nSPS) is 10.3. The van der Waals surface area contributed by atoms with Gasteiger partial charge in [0.1, 0.15) is 5.75 Å². The van der Waals surface area contributed by atoms with Crippen LogP contribution in [0.4, 0.5) is 5.69 Å². The Morgan fingerprint density at radius 3 is 2.60 bits per heavy atom. The Hall–Kier alpha value is -1.82. The van der Waals surface area contributed by atoms with Gasteiger partial charge in [-0.3, -0.25) is 9.48 Å².